The predicted molar refractivity (Wildman–Crippen MR) is 89.9 cm³/mol. The molecule has 0 spiro atoms. The molecule has 25 heavy (non-hydrogen) atoms. The minimum absolute atomic E-state index is 0.0617. The summed E-state index contributed by atoms with van der Waals surface area (Å²) in [6.07, 6.45) is 3.51. The lowest BCUT2D eigenvalue weighted by atomic mass is 10.1. The van der Waals surface area contributed by atoms with Gasteiger partial charge in [-0.1, -0.05) is 0 Å². The van der Waals surface area contributed by atoms with Crippen molar-refractivity contribution in [1.82, 2.24) is 14.5 Å². The highest BCUT2D eigenvalue weighted by Crippen LogP contribution is 2.22. The van der Waals surface area contributed by atoms with Crippen LogP contribution < -0.4 is 4.74 Å². The number of nitro groups is 1. The number of nitro benzene ring substituents is 1. The second-order valence-electron chi connectivity index (χ2n) is 6.11. The molecule has 0 N–H and O–H groups in total. The zero-order valence-corrected chi connectivity index (χ0v) is 14.0. The molecule has 3 rings (SSSR count). The number of piperidine rings is 1. The van der Waals surface area contributed by atoms with Crippen LogP contribution in [-0.4, -0.2) is 38.6 Å². The summed E-state index contributed by atoms with van der Waals surface area (Å²) in [4.78, 5) is 16.6. The van der Waals surface area contributed by atoms with Crippen molar-refractivity contribution in [3.05, 3.63) is 52.1 Å². The predicted octanol–water partition coefficient (Wildman–Crippen LogP) is 2.24. The van der Waals surface area contributed by atoms with Crippen LogP contribution in [0.2, 0.25) is 0 Å². The molecule has 2 aromatic rings. The zero-order valence-electron chi connectivity index (χ0n) is 14.0. The van der Waals surface area contributed by atoms with Crippen LogP contribution in [0.5, 0.6) is 5.75 Å². The van der Waals surface area contributed by atoms with E-state index in [0.717, 1.165) is 31.6 Å². The molecule has 1 aromatic carbocycles. The molecule has 0 radical (unpaired) electrons. The first-order valence-electron chi connectivity index (χ1n) is 8.10. The highest BCUT2D eigenvalue weighted by atomic mass is 16.6. The summed E-state index contributed by atoms with van der Waals surface area (Å²) < 4.78 is 7.81. The smallest absolute Gasteiger partial charge is 0.269 e. The van der Waals surface area contributed by atoms with Crippen LogP contribution in [0.1, 0.15) is 24.2 Å². The van der Waals surface area contributed by atoms with Crippen molar-refractivity contribution in [2.24, 2.45) is 7.05 Å². The summed E-state index contributed by atoms with van der Waals surface area (Å²) in [5.74, 6) is 0.655. The standard InChI is InChI=1S/C17H19N5O3/c1-20-12-19-16(10-18)17(20)11-21-8-6-15(7-9-21)25-14-4-2-13(3-5-14)22(23)24/h2-5,12,15H,6-9,11H2,1H3. The maximum atomic E-state index is 10.7. The minimum atomic E-state index is -0.420. The number of aryl methyl sites for hydroxylation is 1. The molecule has 1 aromatic heterocycles. The van der Waals surface area contributed by atoms with Crippen molar-refractivity contribution >= 4 is 5.69 Å². The van der Waals surface area contributed by atoms with Crippen molar-refractivity contribution in [2.75, 3.05) is 13.1 Å². The van der Waals surface area contributed by atoms with E-state index in [1.807, 2.05) is 11.6 Å². The molecule has 2 heterocycles. The van der Waals surface area contributed by atoms with E-state index in [9.17, 15) is 10.1 Å². The lowest BCUT2D eigenvalue weighted by Crippen LogP contribution is -2.38. The fourth-order valence-electron chi connectivity index (χ4n) is 2.97. The van der Waals surface area contributed by atoms with Crippen LogP contribution in [-0.2, 0) is 13.6 Å². The average molecular weight is 341 g/mol. The Morgan fingerprint density at radius 3 is 2.64 bits per heavy atom. The molecule has 0 aliphatic carbocycles. The second-order valence-corrected chi connectivity index (χ2v) is 6.11. The van der Waals surface area contributed by atoms with Gasteiger partial charge in [0.2, 0.25) is 0 Å². The molecule has 1 fully saturated rings. The van der Waals surface area contributed by atoms with Crippen molar-refractivity contribution in [3.8, 4) is 11.8 Å². The summed E-state index contributed by atoms with van der Waals surface area (Å²) in [6, 6.07) is 8.31. The third kappa shape index (κ3) is 3.95. The quantitative estimate of drug-likeness (QED) is 0.611. The van der Waals surface area contributed by atoms with E-state index in [1.54, 1.807) is 18.5 Å². The van der Waals surface area contributed by atoms with Crippen molar-refractivity contribution in [1.29, 1.82) is 5.26 Å². The van der Waals surface area contributed by atoms with Gasteiger partial charge in [0.1, 0.15) is 17.9 Å². The topological polar surface area (TPSA) is 97.2 Å². The van der Waals surface area contributed by atoms with Gasteiger partial charge in [0.05, 0.1) is 16.9 Å². The van der Waals surface area contributed by atoms with Crippen LogP contribution in [0, 0.1) is 21.4 Å². The maximum Gasteiger partial charge on any atom is 0.269 e. The second kappa shape index (κ2) is 7.32. The molecule has 8 heteroatoms. The minimum Gasteiger partial charge on any atom is -0.490 e. The lowest BCUT2D eigenvalue weighted by Gasteiger charge is -2.32. The van der Waals surface area contributed by atoms with E-state index in [1.165, 1.54) is 12.1 Å². The Kier molecular flexibility index (Phi) is 4.95. The van der Waals surface area contributed by atoms with Crippen LogP contribution in [0.4, 0.5) is 5.69 Å². The molecule has 0 unspecified atom stereocenters. The molecule has 1 aliphatic heterocycles. The monoisotopic (exact) mass is 341 g/mol. The van der Waals surface area contributed by atoms with Gasteiger partial charge in [0, 0.05) is 38.8 Å². The molecule has 0 bridgehead atoms. The number of hydrogen-bond donors (Lipinski definition) is 0. The van der Waals surface area contributed by atoms with E-state index in [-0.39, 0.29) is 11.8 Å². The van der Waals surface area contributed by atoms with Gasteiger partial charge >= 0.3 is 0 Å². The Hall–Kier alpha value is -2.92. The van der Waals surface area contributed by atoms with Gasteiger partial charge < -0.3 is 9.30 Å². The van der Waals surface area contributed by atoms with Crippen LogP contribution in [0.15, 0.2) is 30.6 Å². The highest BCUT2D eigenvalue weighted by Gasteiger charge is 2.22. The largest absolute Gasteiger partial charge is 0.490 e. The lowest BCUT2D eigenvalue weighted by molar-refractivity contribution is -0.384. The molecule has 0 atom stereocenters. The number of likely N-dealkylation sites (tertiary alicyclic amines) is 1. The Morgan fingerprint density at radius 2 is 2.04 bits per heavy atom. The fraction of sp³-hybridized carbons (Fsp3) is 0.412. The van der Waals surface area contributed by atoms with Gasteiger partial charge in [-0.25, -0.2) is 4.98 Å². The van der Waals surface area contributed by atoms with Gasteiger partial charge in [-0.05, 0) is 25.0 Å². The molecule has 0 saturated carbocycles. The third-order valence-electron chi connectivity index (χ3n) is 4.42. The third-order valence-corrected chi connectivity index (χ3v) is 4.42. The van der Waals surface area contributed by atoms with Crippen molar-refractivity contribution in [2.45, 2.75) is 25.5 Å². The van der Waals surface area contributed by atoms with E-state index in [0.29, 0.717) is 18.0 Å². The van der Waals surface area contributed by atoms with Crippen molar-refractivity contribution in [3.63, 3.8) is 0 Å². The Labute approximate surface area is 145 Å². The molecule has 0 amide bonds. The summed E-state index contributed by atoms with van der Waals surface area (Å²) in [5, 5.41) is 19.8. The first kappa shape index (κ1) is 16.9. The molecule has 1 aliphatic rings. The first-order valence-corrected chi connectivity index (χ1v) is 8.10. The molecule has 1 saturated heterocycles. The number of ether oxygens (including phenoxy) is 1. The van der Waals surface area contributed by atoms with E-state index in [2.05, 4.69) is 16.0 Å². The van der Waals surface area contributed by atoms with Gasteiger partial charge in [-0.2, -0.15) is 5.26 Å². The number of aromatic nitrogens is 2. The number of rotatable bonds is 5. The number of benzene rings is 1. The molecule has 130 valence electrons. The molecule has 8 nitrogen and oxygen atoms in total. The Balaban J connectivity index is 1.52. The number of imidazole rings is 1. The van der Waals surface area contributed by atoms with E-state index in [4.69, 9.17) is 10.00 Å². The summed E-state index contributed by atoms with van der Waals surface area (Å²) in [6.45, 7) is 2.44. The fourth-order valence-corrected chi connectivity index (χ4v) is 2.97. The Morgan fingerprint density at radius 1 is 1.36 bits per heavy atom. The van der Waals surface area contributed by atoms with Gasteiger partial charge in [0.15, 0.2) is 5.69 Å². The number of non-ortho nitro benzene ring substituents is 1. The summed E-state index contributed by atoms with van der Waals surface area (Å²) in [7, 11) is 1.90. The first-order chi connectivity index (χ1) is 12.1. The normalized spacial score (nSPS) is 15.7. The van der Waals surface area contributed by atoms with Crippen LogP contribution in [0.25, 0.3) is 0 Å². The Bertz CT molecular complexity index is 786. The summed E-state index contributed by atoms with van der Waals surface area (Å²) >= 11 is 0. The number of hydrogen-bond acceptors (Lipinski definition) is 6. The van der Waals surface area contributed by atoms with Crippen LogP contribution in [0.3, 0.4) is 0 Å². The maximum absolute atomic E-state index is 10.7. The SMILES string of the molecule is Cn1cnc(C#N)c1CN1CCC(Oc2ccc([N+](=O)[O-])cc2)CC1. The highest BCUT2D eigenvalue weighted by molar-refractivity contribution is 5.36. The van der Waals surface area contributed by atoms with Gasteiger partial charge in [-0.3, -0.25) is 15.0 Å². The number of nitrogens with zero attached hydrogens (tertiary/aromatic N) is 5. The van der Waals surface area contributed by atoms with E-state index < -0.39 is 4.92 Å². The average Bonchev–Trinajstić information content (AvgIpc) is 2.97. The van der Waals surface area contributed by atoms with E-state index >= 15 is 0 Å². The van der Waals surface area contributed by atoms with Gasteiger partial charge in [0.25, 0.3) is 5.69 Å². The van der Waals surface area contributed by atoms with Crippen LogP contribution >= 0.6 is 0 Å². The zero-order chi connectivity index (χ0) is 17.8. The number of nitriles is 1. The molecular formula is C17H19N5O3. The van der Waals surface area contributed by atoms with Gasteiger partial charge in [-0.15, -0.1) is 0 Å². The van der Waals surface area contributed by atoms with Crippen molar-refractivity contribution < 1.29 is 9.66 Å². The molecular weight excluding hydrogens is 322 g/mol. The summed E-state index contributed by atoms with van der Waals surface area (Å²) in [5.41, 5.74) is 1.47.